The molecule has 1 amide bonds. The van der Waals surface area contributed by atoms with E-state index in [0.29, 0.717) is 25.3 Å². The Bertz CT molecular complexity index is 736. The van der Waals surface area contributed by atoms with E-state index in [4.69, 9.17) is 13.8 Å². The molecule has 7 heteroatoms. The maximum absolute atomic E-state index is 12.6. The molecular weight excluding hydrogens is 310 g/mol. The number of ether oxygens (including phenoxy) is 1. The monoisotopic (exact) mass is 331 g/mol. The van der Waals surface area contributed by atoms with Crippen molar-refractivity contribution in [3.8, 4) is 0 Å². The Balaban J connectivity index is 1.44. The highest BCUT2D eigenvalue weighted by Crippen LogP contribution is 2.25. The van der Waals surface area contributed by atoms with Crippen LogP contribution in [0, 0.1) is 12.8 Å². The summed E-state index contributed by atoms with van der Waals surface area (Å²) in [7, 11) is 0. The van der Waals surface area contributed by atoms with E-state index in [1.807, 2.05) is 13.0 Å². The minimum Gasteiger partial charge on any atom is -0.379 e. The van der Waals surface area contributed by atoms with Gasteiger partial charge in [-0.3, -0.25) is 4.79 Å². The van der Waals surface area contributed by atoms with Gasteiger partial charge in [-0.2, -0.15) is 0 Å². The van der Waals surface area contributed by atoms with Gasteiger partial charge in [-0.25, -0.2) is 0 Å². The van der Waals surface area contributed by atoms with Gasteiger partial charge in [0.1, 0.15) is 11.5 Å². The minimum atomic E-state index is -0.170. The van der Waals surface area contributed by atoms with Crippen LogP contribution in [0.15, 0.2) is 15.1 Å². The summed E-state index contributed by atoms with van der Waals surface area (Å²) in [5.74, 6) is 1.68. The summed E-state index contributed by atoms with van der Waals surface area (Å²) < 4.78 is 16.2. The molecule has 7 nitrogen and oxygen atoms in total. The molecule has 24 heavy (non-hydrogen) atoms. The van der Waals surface area contributed by atoms with Crippen LogP contribution < -0.4 is 5.32 Å². The summed E-state index contributed by atoms with van der Waals surface area (Å²) >= 11 is 0. The summed E-state index contributed by atoms with van der Waals surface area (Å²) in [5, 5.41) is 11.0. The minimum absolute atomic E-state index is 0.0566. The average Bonchev–Trinajstić information content (AvgIpc) is 3.28. The van der Waals surface area contributed by atoms with Crippen molar-refractivity contribution in [1.29, 1.82) is 0 Å². The van der Waals surface area contributed by atoms with Crippen LogP contribution in [-0.4, -0.2) is 35.5 Å². The number of hydrogen-bond donors (Lipinski definition) is 1. The first kappa shape index (κ1) is 15.4. The van der Waals surface area contributed by atoms with Gasteiger partial charge >= 0.3 is 0 Å². The number of aromatic nitrogens is 2. The molecule has 2 atom stereocenters. The molecule has 1 N–H and O–H groups in total. The van der Waals surface area contributed by atoms with Crippen molar-refractivity contribution in [2.24, 2.45) is 5.92 Å². The van der Waals surface area contributed by atoms with E-state index >= 15 is 0 Å². The van der Waals surface area contributed by atoms with Crippen molar-refractivity contribution in [3.63, 3.8) is 0 Å². The molecule has 0 bridgehead atoms. The standard InChI is InChI=1S/C17H21N3O4/c1-10-6-12(23-19-10)7-11-8-22-9-14(11)18-17(21)16-13-4-2-3-5-15(13)24-20-16/h6,11,14H,2-5,7-9H2,1H3,(H,18,21). The number of rotatable bonds is 4. The van der Waals surface area contributed by atoms with Crippen molar-refractivity contribution in [2.45, 2.75) is 45.1 Å². The topological polar surface area (TPSA) is 90.4 Å². The van der Waals surface area contributed by atoms with Crippen LogP contribution >= 0.6 is 0 Å². The molecular formula is C17H21N3O4. The van der Waals surface area contributed by atoms with Crippen LogP contribution in [0.25, 0.3) is 0 Å². The van der Waals surface area contributed by atoms with Crippen LogP contribution in [-0.2, 0) is 24.0 Å². The lowest BCUT2D eigenvalue weighted by molar-refractivity contribution is 0.0914. The maximum atomic E-state index is 12.6. The van der Waals surface area contributed by atoms with Gasteiger partial charge in [0.05, 0.1) is 24.9 Å². The molecule has 1 aliphatic carbocycles. The van der Waals surface area contributed by atoms with E-state index in [-0.39, 0.29) is 17.9 Å². The maximum Gasteiger partial charge on any atom is 0.274 e. The Morgan fingerprint density at radius 2 is 2.12 bits per heavy atom. The molecule has 4 rings (SSSR count). The Morgan fingerprint density at radius 1 is 1.25 bits per heavy atom. The number of carbonyl (C=O) groups is 1. The smallest absolute Gasteiger partial charge is 0.274 e. The normalized spacial score (nSPS) is 23.2. The molecule has 1 aliphatic heterocycles. The zero-order valence-electron chi connectivity index (χ0n) is 13.7. The zero-order valence-corrected chi connectivity index (χ0v) is 13.7. The summed E-state index contributed by atoms with van der Waals surface area (Å²) in [4.78, 5) is 12.6. The largest absolute Gasteiger partial charge is 0.379 e. The molecule has 2 aliphatic rings. The van der Waals surface area contributed by atoms with Gasteiger partial charge in [0.15, 0.2) is 5.69 Å². The Morgan fingerprint density at radius 3 is 2.96 bits per heavy atom. The van der Waals surface area contributed by atoms with Gasteiger partial charge in [-0.15, -0.1) is 0 Å². The average molecular weight is 331 g/mol. The quantitative estimate of drug-likeness (QED) is 0.919. The SMILES string of the molecule is Cc1cc(CC2COCC2NC(=O)c2noc3c2CCCC3)on1. The fourth-order valence-corrected chi connectivity index (χ4v) is 3.53. The number of aryl methyl sites for hydroxylation is 2. The molecule has 0 radical (unpaired) electrons. The molecule has 2 aromatic rings. The van der Waals surface area contributed by atoms with Crippen LogP contribution in [0.4, 0.5) is 0 Å². The summed E-state index contributed by atoms with van der Waals surface area (Å²) in [5.41, 5.74) is 2.27. The highest BCUT2D eigenvalue weighted by molar-refractivity contribution is 5.94. The van der Waals surface area contributed by atoms with Crippen LogP contribution in [0.5, 0.6) is 0 Å². The molecule has 2 aromatic heterocycles. The van der Waals surface area contributed by atoms with Crippen LogP contribution in [0.3, 0.4) is 0 Å². The number of carbonyl (C=O) groups excluding carboxylic acids is 1. The van der Waals surface area contributed by atoms with Gasteiger partial charge in [0.2, 0.25) is 0 Å². The first-order valence-electron chi connectivity index (χ1n) is 8.49. The predicted octanol–water partition coefficient (Wildman–Crippen LogP) is 1.84. The van der Waals surface area contributed by atoms with E-state index in [1.54, 1.807) is 0 Å². The van der Waals surface area contributed by atoms with Crippen molar-refractivity contribution in [2.75, 3.05) is 13.2 Å². The third kappa shape index (κ3) is 2.96. The molecule has 0 aromatic carbocycles. The van der Waals surface area contributed by atoms with E-state index in [9.17, 15) is 4.79 Å². The second-order valence-electron chi connectivity index (χ2n) is 6.66. The summed E-state index contributed by atoms with van der Waals surface area (Å²) in [6, 6.07) is 1.87. The molecule has 2 unspecified atom stereocenters. The van der Waals surface area contributed by atoms with Crippen molar-refractivity contribution < 1.29 is 18.6 Å². The molecule has 0 saturated carbocycles. The van der Waals surface area contributed by atoms with Crippen LogP contribution in [0.2, 0.25) is 0 Å². The molecule has 3 heterocycles. The van der Waals surface area contributed by atoms with Gasteiger partial charge in [0, 0.05) is 30.4 Å². The van der Waals surface area contributed by atoms with Crippen molar-refractivity contribution in [3.05, 3.63) is 34.5 Å². The lowest BCUT2D eigenvalue weighted by atomic mass is 9.95. The van der Waals surface area contributed by atoms with Crippen LogP contribution in [0.1, 0.15) is 46.1 Å². The Labute approximate surface area is 139 Å². The molecule has 1 saturated heterocycles. The zero-order chi connectivity index (χ0) is 16.5. The van der Waals surface area contributed by atoms with Gasteiger partial charge in [-0.05, 0) is 26.2 Å². The summed E-state index contributed by atoms with van der Waals surface area (Å²) in [6.45, 7) is 3.00. The fraction of sp³-hybridized carbons (Fsp3) is 0.588. The third-order valence-corrected chi connectivity index (χ3v) is 4.82. The first-order chi connectivity index (χ1) is 11.7. The van der Waals surface area contributed by atoms with E-state index in [0.717, 1.165) is 48.5 Å². The van der Waals surface area contributed by atoms with Gasteiger partial charge < -0.3 is 19.1 Å². The highest BCUT2D eigenvalue weighted by Gasteiger charge is 2.33. The Kier molecular flexibility index (Phi) is 4.10. The third-order valence-electron chi connectivity index (χ3n) is 4.82. The lowest BCUT2D eigenvalue weighted by Crippen LogP contribution is -2.41. The number of fused-ring (bicyclic) bond motifs is 1. The number of nitrogens with one attached hydrogen (secondary N) is 1. The van der Waals surface area contributed by atoms with Crippen molar-refractivity contribution >= 4 is 5.91 Å². The van der Waals surface area contributed by atoms with Gasteiger partial charge in [-0.1, -0.05) is 10.3 Å². The second kappa shape index (κ2) is 6.39. The molecule has 1 fully saturated rings. The van der Waals surface area contributed by atoms with Crippen molar-refractivity contribution in [1.82, 2.24) is 15.6 Å². The number of nitrogens with zero attached hydrogens (tertiary/aromatic N) is 2. The number of hydrogen-bond acceptors (Lipinski definition) is 6. The van der Waals surface area contributed by atoms with Gasteiger partial charge in [0.25, 0.3) is 5.91 Å². The lowest BCUT2D eigenvalue weighted by Gasteiger charge is -2.18. The second-order valence-corrected chi connectivity index (χ2v) is 6.66. The number of amides is 1. The van der Waals surface area contributed by atoms with E-state index in [1.165, 1.54) is 0 Å². The van der Waals surface area contributed by atoms with E-state index < -0.39 is 0 Å². The van der Waals surface area contributed by atoms with E-state index in [2.05, 4.69) is 15.6 Å². The first-order valence-corrected chi connectivity index (χ1v) is 8.49. The predicted molar refractivity (Wildman–Crippen MR) is 83.7 cm³/mol. The molecule has 128 valence electrons. The fourth-order valence-electron chi connectivity index (χ4n) is 3.53. The molecule has 0 spiro atoms. The summed E-state index contributed by atoms with van der Waals surface area (Å²) in [6.07, 6.45) is 4.61. The Hall–Kier alpha value is -2.15. The highest BCUT2D eigenvalue weighted by atomic mass is 16.5.